The molecular formula is C30H25N3O8. The Hall–Kier alpha value is -5.06. The van der Waals surface area contributed by atoms with Crippen LogP contribution in [0.3, 0.4) is 0 Å². The van der Waals surface area contributed by atoms with E-state index in [1.807, 2.05) is 48.5 Å². The highest BCUT2D eigenvalue weighted by atomic mass is 16.6. The molecule has 208 valence electrons. The number of carbonyl (C=O) groups is 4. The molecule has 7 rings (SSSR count). The lowest BCUT2D eigenvalue weighted by Crippen LogP contribution is -2.45. The largest absolute Gasteiger partial charge is 0.497 e. The molecule has 0 radical (unpaired) electrons. The van der Waals surface area contributed by atoms with Crippen molar-refractivity contribution in [3.05, 3.63) is 99.1 Å². The van der Waals surface area contributed by atoms with E-state index in [0.717, 1.165) is 27.2 Å². The van der Waals surface area contributed by atoms with Gasteiger partial charge in [0.1, 0.15) is 17.5 Å². The summed E-state index contributed by atoms with van der Waals surface area (Å²) in [7, 11) is 1.37. The molecule has 1 saturated heterocycles. The molecule has 3 amide bonds. The predicted molar refractivity (Wildman–Crippen MR) is 144 cm³/mol. The van der Waals surface area contributed by atoms with Crippen molar-refractivity contribution >= 4 is 35.1 Å². The summed E-state index contributed by atoms with van der Waals surface area (Å²) in [4.78, 5) is 64.7. The van der Waals surface area contributed by atoms with Gasteiger partial charge in [-0.2, -0.15) is 0 Å². The quantitative estimate of drug-likeness (QED) is 0.202. The van der Waals surface area contributed by atoms with Gasteiger partial charge in [0.05, 0.1) is 23.9 Å². The molecule has 41 heavy (non-hydrogen) atoms. The van der Waals surface area contributed by atoms with E-state index in [-0.39, 0.29) is 29.0 Å². The summed E-state index contributed by atoms with van der Waals surface area (Å²) in [5, 5.41) is 13.7. The number of methoxy groups -OCH3 is 1. The molecule has 0 saturated carbocycles. The number of esters is 1. The standard InChI is InChI=1S/C30H25N3O8/c1-15(30(37)41-14-23(34)31-21-13-16(40-2)11-12-22(21)33(38)39)32-28(35)26-24-17-7-3-4-8-18(17)25(27(26)29(32)36)20-10-6-5-9-19(20)24/h3-13,15,24-27H,14H2,1-2H3,(H,31,34)/t15-,24?,25?,26-,27-/m0/s1. The summed E-state index contributed by atoms with van der Waals surface area (Å²) in [6.07, 6.45) is 0. The number of rotatable bonds is 7. The first-order chi connectivity index (χ1) is 19.7. The average molecular weight is 556 g/mol. The third-order valence-corrected chi connectivity index (χ3v) is 8.23. The van der Waals surface area contributed by atoms with Crippen LogP contribution in [0.4, 0.5) is 11.4 Å². The maximum absolute atomic E-state index is 13.8. The van der Waals surface area contributed by atoms with Crippen LogP contribution < -0.4 is 10.1 Å². The molecule has 4 aliphatic rings. The summed E-state index contributed by atoms with van der Waals surface area (Å²) >= 11 is 0. The Morgan fingerprint density at radius 3 is 1.90 bits per heavy atom. The van der Waals surface area contributed by atoms with E-state index in [4.69, 9.17) is 9.47 Å². The summed E-state index contributed by atoms with van der Waals surface area (Å²) in [6.45, 7) is 0.616. The first-order valence-electron chi connectivity index (χ1n) is 13.1. The molecule has 11 heteroatoms. The van der Waals surface area contributed by atoms with Gasteiger partial charge >= 0.3 is 5.97 Å². The van der Waals surface area contributed by atoms with Crippen molar-refractivity contribution in [2.24, 2.45) is 11.8 Å². The fourth-order valence-electron chi connectivity index (χ4n) is 6.53. The number of ether oxygens (including phenoxy) is 2. The van der Waals surface area contributed by atoms with Gasteiger partial charge in [-0.15, -0.1) is 0 Å². The molecule has 2 bridgehead atoms. The number of amides is 3. The van der Waals surface area contributed by atoms with Crippen molar-refractivity contribution in [1.29, 1.82) is 0 Å². The molecule has 0 spiro atoms. The second-order valence-corrected chi connectivity index (χ2v) is 10.3. The van der Waals surface area contributed by atoms with Crippen LogP contribution in [0.15, 0.2) is 66.7 Å². The van der Waals surface area contributed by atoms with Crippen LogP contribution in [-0.4, -0.2) is 53.3 Å². The Balaban J connectivity index is 1.19. The summed E-state index contributed by atoms with van der Waals surface area (Å²) in [5.74, 6) is -4.31. The molecule has 0 unspecified atom stereocenters. The Morgan fingerprint density at radius 1 is 0.927 bits per heavy atom. The number of nitro groups is 1. The maximum Gasteiger partial charge on any atom is 0.329 e. The zero-order valence-corrected chi connectivity index (χ0v) is 22.1. The van der Waals surface area contributed by atoms with Crippen molar-refractivity contribution in [2.75, 3.05) is 19.0 Å². The van der Waals surface area contributed by atoms with E-state index < -0.39 is 53.1 Å². The van der Waals surface area contributed by atoms with E-state index in [1.54, 1.807) is 0 Å². The molecule has 11 nitrogen and oxygen atoms in total. The number of likely N-dealkylation sites (tertiary alicyclic amines) is 1. The van der Waals surface area contributed by atoms with Crippen LogP contribution in [0, 0.1) is 22.0 Å². The lowest BCUT2D eigenvalue weighted by atomic mass is 9.55. The number of carbonyl (C=O) groups excluding carboxylic acids is 4. The minimum atomic E-state index is -1.27. The molecule has 3 atom stereocenters. The van der Waals surface area contributed by atoms with Crippen molar-refractivity contribution in [3.63, 3.8) is 0 Å². The van der Waals surface area contributed by atoms with Gasteiger partial charge in [-0.3, -0.25) is 29.4 Å². The third-order valence-electron chi connectivity index (χ3n) is 8.23. The predicted octanol–water partition coefficient (Wildman–Crippen LogP) is 3.37. The first-order valence-corrected chi connectivity index (χ1v) is 13.1. The van der Waals surface area contributed by atoms with Crippen LogP contribution in [0.1, 0.15) is 41.0 Å². The van der Waals surface area contributed by atoms with Gasteiger partial charge in [0, 0.05) is 24.0 Å². The molecule has 1 fully saturated rings. The Bertz CT molecular complexity index is 1520. The fourth-order valence-corrected chi connectivity index (χ4v) is 6.53. The molecule has 0 aromatic heterocycles. The molecular weight excluding hydrogens is 530 g/mol. The van der Waals surface area contributed by atoms with Crippen molar-refractivity contribution in [1.82, 2.24) is 4.90 Å². The zero-order valence-electron chi connectivity index (χ0n) is 22.1. The highest BCUT2D eigenvalue weighted by Gasteiger charge is 2.62. The first kappa shape index (κ1) is 26.2. The van der Waals surface area contributed by atoms with E-state index in [2.05, 4.69) is 5.32 Å². The van der Waals surface area contributed by atoms with Gasteiger partial charge in [0.15, 0.2) is 6.61 Å². The fraction of sp³-hybridized carbons (Fsp3) is 0.267. The van der Waals surface area contributed by atoms with Crippen molar-refractivity contribution in [3.8, 4) is 5.75 Å². The molecule has 1 aliphatic heterocycles. The maximum atomic E-state index is 13.8. The second kappa shape index (κ2) is 9.84. The van der Waals surface area contributed by atoms with Gasteiger partial charge in [-0.05, 0) is 35.2 Å². The number of anilines is 1. The van der Waals surface area contributed by atoms with Crippen LogP contribution in [0.5, 0.6) is 5.75 Å². The number of imide groups is 1. The SMILES string of the molecule is COc1ccc([N+](=O)[O-])c(NC(=O)COC(=O)[C@H](C)N2C(=O)[C@H]3C4c5ccccc5C(c5ccccc54)[C@@H]3C2=O)c1. The van der Waals surface area contributed by atoms with Gasteiger partial charge in [-0.1, -0.05) is 48.5 Å². The van der Waals surface area contributed by atoms with E-state index in [0.29, 0.717) is 0 Å². The lowest BCUT2D eigenvalue weighted by molar-refractivity contribution is -0.383. The van der Waals surface area contributed by atoms with E-state index >= 15 is 0 Å². The van der Waals surface area contributed by atoms with E-state index in [1.165, 1.54) is 32.2 Å². The van der Waals surface area contributed by atoms with E-state index in [9.17, 15) is 29.3 Å². The number of hydrogen-bond acceptors (Lipinski definition) is 8. The summed E-state index contributed by atoms with van der Waals surface area (Å²) in [6, 6.07) is 18.2. The molecule has 3 aromatic rings. The van der Waals surface area contributed by atoms with Crippen LogP contribution in [-0.2, 0) is 23.9 Å². The van der Waals surface area contributed by atoms with Crippen LogP contribution in [0.2, 0.25) is 0 Å². The third kappa shape index (κ3) is 4.03. The number of nitro benzene ring substituents is 1. The number of hydrogen-bond donors (Lipinski definition) is 1. The minimum Gasteiger partial charge on any atom is -0.497 e. The summed E-state index contributed by atoms with van der Waals surface area (Å²) < 4.78 is 10.2. The summed E-state index contributed by atoms with van der Waals surface area (Å²) in [5.41, 5.74) is 3.55. The molecule has 1 heterocycles. The van der Waals surface area contributed by atoms with Crippen LogP contribution >= 0.6 is 0 Å². The van der Waals surface area contributed by atoms with Crippen LogP contribution in [0.25, 0.3) is 0 Å². The average Bonchev–Trinajstić information content (AvgIpc) is 3.25. The lowest BCUT2D eigenvalue weighted by Gasteiger charge is -2.45. The Morgan fingerprint density at radius 2 is 1.44 bits per heavy atom. The number of nitrogens with one attached hydrogen (secondary N) is 1. The van der Waals surface area contributed by atoms with Crippen molar-refractivity contribution < 1.29 is 33.6 Å². The van der Waals surface area contributed by atoms with Gasteiger partial charge in [0.2, 0.25) is 11.8 Å². The molecule has 3 aromatic carbocycles. The second-order valence-electron chi connectivity index (χ2n) is 10.3. The zero-order chi connectivity index (χ0) is 29.0. The monoisotopic (exact) mass is 555 g/mol. The smallest absolute Gasteiger partial charge is 0.329 e. The van der Waals surface area contributed by atoms with Crippen molar-refractivity contribution in [2.45, 2.75) is 24.8 Å². The highest BCUT2D eigenvalue weighted by molar-refractivity contribution is 6.10. The molecule has 1 N–H and O–H groups in total. The molecule has 3 aliphatic carbocycles. The topological polar surface area (TPSA) is 145 Å². The van der Waals surface area contributed by atoms with Gasteiger partial charge < -0.3 is 14.8 Å². The van der Waals surface area contributed by atoms with Gasteiger partial charge in [-0.25, -0.2) is 4.79 Å². The highest BCUT2D eigenvalue weighted by Crippen LogP contribution is 2.61. The minimum absolute atomic E-state index is 0.132. The number of nitrogens with zero attached hydrogens (tertiary/aromatic N) is 2. The normalized spacial score (nSPS) is 22.3. The Labute approximate surface area is 234 Å². The van der Waals surface area contributed by atoms with Gasteiger partial charge in [0.25, 0.3) is 11.6 Å². The Kier molecular flexibility index (Phi) is 6.29. The number of benzene rings is 3.